The summed E-state index contributed by atoms with van der Waals surface area (Å²) in [5, 5.41) is 0. The average molecular weight is 585 g/mol. The van der Waals surface area contributed by atoms with Crippen LogP contribution in [0.15, 0.2) is 48.5 Å². The fourth-order valence-electron chi connectivity index (χ4n) is 4.17. The molecule has 4 rings (SSSR count). The second-order valence-corrected chi connectivity index (χ2v) is 10.2. The van der Waals surface area contributed by atoms with Gasteiger partial charge in [0.2, 0.25) is 0 Å². The number of carbonyl (C=O) groups excluding carboxylic acids is 2. The van der Waals surface area contributed by atoms with Gasteiger partial charge in [0, 0.05) is 42.9 Å². The van der Waals surface area contributed by atoms with Crippen LogP contribution >= 0.6 is 7.82 Å². The molecule has 1 aliphatic rings. The zero-order valence-electron chi connectivity index (χ0n) is 20.7. The first-order valence-corrected chi connectivity index (χ1v) is 13.0. The summed E-state index contributed by atoms with van der Waals surface area (Å²) in [5.41, 5.74) is -0.0992. The van der Waals surface area contributed by atoms with Crippen molar-refractivity contribution in [3.63, 3.8) is 0 Å². The molecule has 15 heteroatoms. The first-order chi connectivity index (χ1) is 18.7. The number of amides is 3. The number of benzene rings is 3. The Hall–Kier alpha value is -3.84. The highest BCUT2D eigenvalue weighted by Crippen LogP contribution is 2.36. The molecule has 3 amide bonds. The SMILES string of the molecule is CN1Cc2ccc(C(=O)N(COP(=O)(O)O)Cc3c(F)cc(F)cc3F)cc2N(Cc2cc(F)cc(F)c2)C1=O. The summed E-state index contributed by atoms with van der Waals surface area (Å²) in [6.07, 6.45) is 0. The number of carbonyl (C=O) groups is 2. The van der Waals surface area contributed by atoms with Crippen LogP contribution in [0.1, 0.15) is 27.0 Å². The third kappa shape index (κ3) is 6.65. The van der Waals surface area contributed by atoms with E-state index in [9.17, 15) is 36.1 Å². The number of urea groups is 1. The molecule has 0 radical (unpaired) electrons. The molecule has 0 aromatic heterocycles. The second-order valence-electron chi connectivity index (χ2n) is 8.95. The van der Waals surface area contributed by atoms with Crippen molar-refractivity contribution in [3.8, 4) is 0 Å². The molecule has 1 heterocycles. The van der Waals surface area contributed by atoms with Crippen LogP contribution in [0.5, 0.6) is 0 Å². The molecule has 0 fully saturated rings. The van der Waals surface area contributed by atoms with E-state index in [-0.39, 0.29) is 29.9 Å². The van der Waals surface area contributed by atoms with Gasteiger partial charge in [0.05, 0.1) is 18.8 Å². The van der Waals surface area contributed by atoms with Crippen LogP contribution in [0.25, 0.3) is 0 Å². The maximum Gasteiger partial charge on any atom is 0.471 e. The number of fused-ring (bicyclic) bond motifs is 1. The minimum Gasteiger partial charge on any atom is -0.323 e. The van der Waals surface area contributed by atoms with Gasteiger partial charge >= 0.3 is 13.9 Å². The van der Waals surface area contributed by atoms with Crippen molar-refractivity contribution in [2.24, 2.45) is 0 Å². The minimum absolute atomic E-state index is 0.114. The maximum atomic E-state index is 14.3. The molecule has 212 valence electrons. The molecule has 1 aliphatic heterocycles. The summed E-state index contributed by atoms with van der Waals surface area (Å²) >= 11 is 0. The van der Waals surface area contributed by atoms with Crippen molar-refractivity contribution in [1.29, 1.82) is 0 Å². The Balaban J connectivity index is 1.71. The molecule has 0 saturated heterocycles. The normalized spacial score (nSPS) is 13.4. The zero-order valence-corrected chi connectivity index (χ0v) is 21.5. The summed E-state index contributed by atoms with van der Waals surface area (Å²) in [7, 11) is -3.64. The number of hydrogen-bond donors (Lipinski definition) is 2. The quantitative estimate of drug-likeness (QED) is 0.226. The maximum absolute atomic E-state index is 14.3. The molecule has 0 aliphatic carbocycles. The third-order valence-corrected chi connectivity index (χ3v) is 6.43. The number of anilines is 1. The van der Waals surface area contributed by atoms with Gasteiger partial charge in [0.15, 0.2) is 0 Å². The molecule has 2 N–H and O–H groups in total. The Bertz CT molecular complexity index is 1490. The molecular formula is C25H21F5N3O6P. The van der Waals surface area contributed by atoms with E-state index in [0.29, 0.717) is 28.7 Å². The van der Waals surface area contributed by atoms with Crippen LogP contribution in [0.4, 0.5) is 32.4 Å². The Morgan fingerprint density at radius 1 is 0.975 bits per heavy atom. The predicted molar refractivity (Wildman–Crippen MR) is 130 cm³/mol. The fourth-order valence-corrected chi connectivity index (χ4v) is 4.46. The Kier molecular flexibility index (Phi) is 8.26. The van der Waals surface area contributed by atoms with Crippen molar-refractivity contribution >= 4 is 25.4 Å². The number of halogens is 5. The highest BCUT2D eigenvalue weighted by Gasteiger charge is 2.31. The number of phosphoric acid groups is 1. The molecule has 40 heavy (non-hydrogen) atoms. The number of phosphoric ester groups is 1. The van der Waals surface area contributed by atoms with Gasteiger partial charge < -0.3 is 19.6 Å². The third-order valence-electron chi connectivity index (χ3n) is 5.97. The van der Waals surface area contributed by atoms with Gasteiger partial charge in [0.25, 0.3) is 5.91 Å². The lowest BCUT2D eigenvalue weighted by Gasteiger charge is -2.35. The van der Waals surface area contributed by atoms with E-state index in [4.69, 9.17) is 9.79 Å². The van der Waals surface area contributed by atoms with Gasteiger partial charge in [-0.3, -0.25) is 14.2 Å². The van der Waals surface area contributed by atoms with Crippen LogP contribution in [-0.2, 0) is 28.7 Å². The van der Waals surface area contributed by atoms with Crippen LogP contribution in [0.3, 0.4) is 0 Å². The summed E-state index contributed by atoms with van der Waals surface area (Å²) < 4.78 is 85.2. The van der Waals surface area contributed by atoms with Gasteiger partial charge in [-0.1, -0.05) is 6.07 Å². The molecule has 0 bridgehead atoms. The molecule has 0 atom stereocenters. The summed E-state index contributed by atoms with van der Waals surface area (Å²) in [4.78, 5) is 47.7. The largest absolute Gasteiger partial charge is 0.471 e. The van der Waals surface area contributed by atoms with Crippen LogP contribution < -0.4 is 4.90 Å². The first-order valence-electron chi connectivity index (χ1n) is 11.4. The number of rotatable bonds is 8. The lowest BCUT2D eigenvalue weighted by Crippen LogP contribution is -2.45. The lowest BCUT2D eigenvalue weighted by atomic mass is 10.0. The van der Waals surface area contributed by atoms with Crippen molar-refractivity contribution in [3.05, 3.63) is 99.9 Å². The molecule has 0 spiro atoms. The van der Waals surface area contributed by atoms with E-state index in [1.165, 1.54) is 35.0 Å². The van der Waals surface area contributed by atoms with Gasteiger partial charge in [-0.2, -0.15) is 0 Å². The van der Waals surface area contributed by atoms with Crippen molar-refractivity contribution < 1.29 is 50.4 Å². The molecule has 0 unspecified atom stereocenters. The van der Waals surface area contributed by atoms with E-state index in [0.717, 1.165) is 12.1 Å². The highest BCUT2D eigenvalue weighted by atomic mass is 31.2. The van der Waals surface area contributed by atoms with Crippen LogP contribution in [-0.4, -0.2) is 45.3 Å². The summed E-state index contributed by atoms with van der Waals surface area (Å²) in [5.74, 6) is -6.65. The van der Waals surface area contributed by atoms with Gasteiger partial charge in [-0.05, 0) is 35.4 Å². The first kappa shape index (κ1) is 29.2. The Morgan fingerprint density at radius 3 is 2.17 bits per heavy atom. The van der Waals surface area contributed by atoms with Gasteiger partial charge in [-0.15, -0.1) is 0 Å². The second kappa shape index (κ2) is 11.3. The topological polar surface area (TPSA) is 111 Å². The van der Waals surface area contributed by atoms with Gasteiger partial charge in [-0.25, -0.2) is 31.3 Å². The molecule has 3 aromatic carbocycles. The average Bonchev–Trinajstić information content (AvgIpc) is 2.84. The monoisotopic (exact) mass is 585 g/mol. The molecular weight excluding hydrogens is 564 g/mol. The Morgan fingerprint density at radius 2 is 1.57 bits per heavy atom. The minimum atomic E-state index is -5.14. The molecule has 3 aromatic rings. The standard InChI is InChI=1S/C25H21F5N3O6P/c1-31-11-16-3-2-15(6-23(16)33(25(31)35)10-14-4-17(26)7-18(27)5-14)24(34)32(13-39-40(36,37)38)12-20-21(29)8-19(28)9-22(20)30/h2-9H,10-13H2,1H3,(H2,36,37,38). The predicted octanol–water partition coefficient (Wildman–Crippen LogP) is 4.66. The van der Waals surface area contributed by atoms with E-state index < -0.39 is 67.7 Å². The van der Waals surface area contributed by atoms with E-state index >= 15 is 0 Å². The summed E-state index contributed by atoms with van der Waals surface area (Å²) in [6, 6.07) is 6.97. The lowest BCUT2D eigenvalue weighted by molar-refractivity contribution is 0.0507. The van der Waals surface area contributed by atoms with Crippen molar-refractivity contribution in [1.82, 2.24) is 9.80 Å². The smallest absolute Gasteiger partial charge is 0.323 e. The fraction of sp³-hybridized carbons (Fsp3) is 0.200. The van der Waals surface area contributed by atoms with Crippen molar-refractivity contribution in [2.75, 3.05) is 18.7 Å². The van der Waals surface area contributed by atoms with Crippen LogP contribution in [0.2, 0.25) is 0 Å². The zero-order chi connectivity index (χ0) is 29.4. The van der Waals surface area contributed by atoms with Crippen molar-refractivity contribution in [2.45, 2.75) is 19.6 Å². The van der Waals surface area contributed by atoms with E-state index in [1.54, 1.807) is 0 Å². The van der Waals surface area contributed by atoms with Crippen LogP contribution in [0, 0.1) is 29.1 Å². The number of hydrogen-bond acceptors (Lipinski definition) is 4. The molecule has 9 nitrogen and oxygen atoms in total. The number of nitrogens with zero attached hydrogens (tertiary/aromatic N) is 3. The highest BCUT2D eigenvalue weighted by molar-refractivity contribution is 7.46. The van der Waals surface area contributed by atoms with E-state index in [1.807, 2.05) is 0 Å². The van der Waals surface area contributed by atoms with E-state index in [2.05, 4.69) is 4.52 Å². The van der Waals surface area contributed by atoms with Gasteiger partial charge in [0.1, 0.15) is 35.8 Å². The summed E-state index contributed by atoms with van der Waals surface area (Å²) in [6.45, 7) is -2.17. The molecule has 0 saturated carbocycles. The Labute approximate surface area is 224 Å².